The van der Waals surface area contributed by atoms with Gasteiger partial charge >= 0.3 is 0 Å². The number of hydrogen-bond donors (Lipinski definition) is 1. The first kappa shape index (κ1) is 15.9. The van der Waals surface area contributed by atoms with Crippen LogP contribution in [-0.4, -0.2) is 9.13 Å². The molecule has 2 N–H and O–H groups in total. The highest BCUT2D eigenvalue weighted by Crippen LogP contribution is 2.32. The topological polar surface area (TPSA) is 86.2 Å². The highest BCUT2D eigenvalue weighted by atomic mass is 79.9. The molecule has 2 aromatic carbocycles. The third-order valence-electron chi connectivity index (χ3n) is 2.77. The lowest BCUT2D eigenvalue weighted by atomic mass is 10.2. The maximum absolute atomic E-state index is 12.4. The van der Waals surface area contributed by atoms with Gasteiger partial charge in [-0.3, -0.25) is 14.3 Å². The van der Waals surface area contributed by atoms with E-state index in [-0.39, 0.29) is 11.4 Å². The Balaban J connectivity index is 2.37. The number of nitrogens with two attached hydrogens (primary N) is 1. The van der Waals surface area contributed by atoms with Crippen LogP contribution >= 0.6 is 27.5 Å². The summed E-state index contributed by atoms with van der Waals surface area (Å²) >= 11 is 9.20. The number of benzene rings is 2. The molecule has 0 aromatic heterocycles. The Morgan fingerprint density at radius 1 is 1.29 bits per heavy atom. The van der Waals surface area contributed by atoms with Crippen LogP contribution in [0.1, 0.15) is 5.56 Å². The molecular weight excluding hydrogens is 380 g/mol. The molecule has 0 heterocycles. The predicted octanol–water partition coefficient (Wildman–Crippen LogP) is 3.90. The number of nitrogens with zero attached hydrogens (tertiary/aromatic N) is 1. The number of rotatable bonds is 4. The van der Waals surface area contributed by atoms with Crippen molar-refractivity contribution in [3.63, 3.8) is 0 Å². The van der Waals surface area contributed by atoms with Gasteiger partial charge in [0.15, 0.2) is 0 Å². The Morgan fingerprint density at radius 2 is 1.95 bits per heavy atom. The van der Waals surface area contributed by atoms with E-state index < -0.39 is 15.7 Å². The summed E-state index contributed by atoms with van der Waals surface area (Å²) in [6.45, 7) is 0. The van der Waals surface area contributed by atoms with Crippen molar-refractivity contribution in [2.45, 2.75) is 10.6 Å². The average molecular weight is 390 g/mol. The van der Waals surface area contributed by atoms with Crippen molar-refractivity contribution in [1.82, 2.24) is 0 Å². The van der Waals surface area contributed by atoms with E-state index in [1.165, 1.54) is 6.07 Å². The van der Waals surface area contributed by atoms with Gasteiger partial charge in [-0.05, 0) is 33.6 Å². The molecule has 5 nitrogen and oxygen atoms in total. The number of anilines is 1. The maximum Gasteiger partial charge on any atom is 0.283 e. The number of hydrogen-bond acceptors (Lipinski definition) is 4. The molecule has 8 heteroatoms. The summed E-state index contributed by atoms with van der Waals surface area (Å²) in [4.78, 5) is 10.7. The minimum absolute atomic E-state index is 0.0726. The summed E-state index contributed by atoms with van der Waals surface area (Å²) in [6, 6.07) is 9.48. The first-order valence-corrected chi connectivity index (χ1v) is 8.25. The van der Waals surface area contributed by atoms with Crippen LogP contribution in [0.3, 0.4) is 0 Å². The molecule has 0 aliphatic carbocycles. The van der Waals surface area contributed by atoms with E-state index in [0.717, 1.165) is 0 Å². The van der Waals surface area contributed by atoms with E-state index in [0.29, 0.717) is 25.6 Å². The predicted molar refractivity (Wildman–Crippen MR) is 86.8 cm³/mol. The molecule has 0 aliphatic heterocycles. The Bertz CT molecular complexity index is 719. The second kappa shape index (κ2) is 6.55. The lowest BCUT2D eigenvalue weighted by molar-refractivity contribution is -0.385. The SMILES string of the molecule is Nc1cccc(Cl)c1S(=O)Cc1cccc([N+](=O)[O-])c1Br. The van der Waals surface area contributed by atoms with E-state index >= 15 is 0 Å². The molecule has 2 aromatic rings. The van der Waals surface area contributed by atoms with Gasteiger partial charge in [0.2, 0.25) is 0 Å². The Hall–Kier alpha value is -1.44. The second-order valence-electron chi connectivity index (χ2n) is 4.16. The van der Waals surface area contributed by atoms with E-state index in [1.54, 1.807) is 30.3 Å². The van der Waals surface area contributed by atoms with Crippen LogP contribution in [-0.2, 0) is 16.6 Å². The molecule has 110 valence electrons. The monoisotopic (exact) mass is 388 g/mol. The van der Waals surface area contributed by atoms with Crippen molar-refractivity contribution in [3.8, 4) is 0 Å². The highest BCUT2D eigenvalue weighted by Gasteiger charge is 2.19. The van der Waals surface area contributed by atoms with Crippen molar-refractivity contribution < 1.29 is 9.13 Å². The fraction of sp³-hybridized carbons (Fsp3) is 0.0769. The van der Waals surface area contributed by atoms with Crippen LogP contribution < -0.4 is 5.73 Å². The fourth-order valence-corrected chi connectivity index (χ4v) is 4.26. The van der Waals surface area contributed by atoms with Gasteiger partial charge in [-0.1, -0.05) is 29.8 Å². The van der Waals surface area contributed by atoms with E-state index in [2.05, 4.69) is 15.9 Å². The fourth-order valence-electron chi connectivity index (χ4n) is 1.80. The first-order valence-electron chi connectivity index (χ1n) is 5.76. The zero-order chi connectivity index (χ0) is 15.6. The molecule has 0 fully saturated rings. The van der Waals surface area contributed by atoms with Gasteiger partial charge < -0.3 is 5.73 Å². The molecule has 1 atom stereocenters. The molecule has 0 saturated carbocycles. The zero-order valence-corrected chi connectivity index (χ0v) is 13.7. The minimum atomic E-state index is -1.50. The summed E-state index contributed by atoms with van der Waals surface area (Å²) < 4.78 is 12.8. The summed E-state index contributed by atoms with van der Waals surface area (Å²) in [6.07, 6.45) is 0. The normalized spacial score (nSPS) is 12.1. The van der Waals surface area contributed by atoms with Crippen molar-refractivity contribution in [3.05, 3.63) is 61.6 Å². The van der Waals surface area contributed by atoms with E-state index in [1.807, 2.05) is 0 Å². The largest absolute Gasteiger partial charge is 0.398 e. The Kier molecular flexibility index (Phi) is 4.97. The molecule has 0 radical (unpaired) electrons. The molecule has 1 unspecified atom stereocenters. The van der Waals surface area contributed by atoms with E-state index in [4.69, 9.17) is 17.3 Å². The molecular formula is C13H10BrClN2O3S. The summed E-state index contributed by atoms with van der Waals surface area (Å²) in [5, 5.41) is 11.2. The number of nitrogen functional groups attached to an aromatic ring is 1. The van der Waals surface area contributed by atoms with E-state index in [9.17, 15) is 14.3 Å². The molecule has 0 saturated heterocycles. The van der Waals surface area contributed by atoms with Crippen LogP contribution in [0.15, 0.2) is 45.8 Å². The van der Waals surface area contributed by atoms with Crippen LogP contribution in [0.25, 0.3) is 0 Å². The smallest absolute Gasteiger partial charge is 0.283 e. The van der Waals surface area contributed by atoms with Crippen molar-refractivity contribution >= 4 is 49.7 Å². The van der Waals surface area contributed by atoms with Gasteiger partial charge in [0.25, 0.3) is 5.69 Å². The first-order chi connectivity index (χ1) is 9.91. The summed E-state index contributed by atoms with van der Waals surface area (Å²) in [5.41, 5.74) is 6.61. The molecule has 0 amide bonds. The van der Waals surface area contributed by atoms with Crippen LogP contribution in [0.5, 0.6) is 0 Å². The average Bonchev–Trinajstić information content (AvgIpc) is 2.40. The zero-order valence-electron chi connectivity index (χ0n) is 10.6. The molecule has 2 rings (SSSR count). The van der Waals surface area contributed by atoms with Crippen LogP contribution in [0.2, 0.25) is 5.02 Å². The quantitative estimate of drug-likeness (QED) is 0.488. The third-order valence-corrected chi connectivity index (χ3v) is 5.59. The maximum atomic E-state index is 12.4. The standard InChI is InChI=1S/C13H10BrClN2O3S/c14-12-8(3-1-6-11(12)17(18)19)7-21(20)13-9(15)4-2-5-10(13)16/h1-6H,7,16H2. The molecule has 0 bridgehead atoms. The lowest BCUT2D eigenvalue weighted by Gasteiger charge is -2.09. The third kappa shape index (κ3) is 3.42. The highest BCUT2D eigenvalue weighted by molar-refractivity contribution is 9.10. The number of halogens is 2. The molecule has 0 spiro atoms. The second-order valence-corrected chi connectivity index (χ2v) is 6.74. The van der Waals surface area contributed by atoms with Gasteiger partial charge in [-0.15, -0.1) is 0 Å². The molecule has 0 aliphatic rings. The summed E-state index contributed by atoms with van der Waals surface area (Å²) in [5.74, 6) is 0.0796. The van der Waals surface area contributed by atoms with Crippen molar-refractivity contribution in [1.29, 1.82) is 0 Å². The van der Waals surface area contributed by atoms with Gasteiger partial charge in [0, 0.05) is 11.8 Å². The Labute approximate surface area is 136 Å². The van der Waals surface area contributed by atoms with Gasteiger partial charge in [-0.25, -0.2) is 0 Å². The summed E-state index contributed by atoms with van der Waals surface area (Å²) in [7, 11) is -1.50. The van der Waals surface area contributed by atoms with Gasteiger partial charge in [0.05, 0.1) is 35.9 Å². The van der Waals surface area contributed by atoms with Crippen molar-refractivity contribution in [2.75, 3.05) is 5.73 Å². The van der Waals surface area contributed by atoms with Gasteiger partial charge in [0.1, 0.15) is 0 Å². The molecule has 21 heavy (non-hydrogen) atoms. The van der Waals surface area contributed by atoms with Crippen LogP contribution in [0.4, 0.5) is 11.4 Å². The van der Waals surface area contributed by atoms with Crippen molar-refractivity contribution in [2.24, 2.45) is 0 Å². The van der Waals surface area contributed by atoms with Gasteiger partial charge in [-0.2, -0.15) is 0 Å². The van der Waals surface area contributed by atoms with Crippen LogP contribution in [0, 0.1) is 10.1 Å². The number of nitro benzene ring substituents is 1. The Morgan fingerprint density at radius 3 is 2.57 bits per heavy atom. The minimum Gasteiger partial charge on any atom is -0.398 e. The number of nitro groups is 1. The lowest BCUT2D eigenvalue weighted by Crippen LogP contribution is -2.03.